The summed E-state index contributed by atoms with van der Waals surface area (Å²) in [5, 5.41) is 8.88. The number of rotatable bonds is 3. The zero-order chi connectivity index (χ0) is 15.9. The summed E-state index contributed by atoms with van der Waals surface area (Å²) < 4.78 is 8.02. The van der Waals surface area contributed by atoms with Gasteiger partial charge >= 0.3 is 5.97 Å². The number of hydrogen-bond donors (Lipinski definition) is 0. The molecule has 3 rings (SSSR count). The molecule has 22 heavy (non-hydrogen) atoms. The van der Waals surface area contributed by atoms with Gasteiger partial charge < -0.3 is 4.74 Å². The monoisotopic (exact) mass is 319 g/mol. The Morgan fingerprint density at radius 3 is 2.91 bits per heavy atom. The lowest BCUT2D eigenvalue weighted by Crippen LogP contribution is -2.11. The highest BCUT2D eigenvalue weighted by Crippen LogP contribution is 2.25. The molecule has 0 aliphatic rings. The summed E-state index contributed by atoms with van der Waals surface area (Å²) in [7, 11) is 1.32. The van der Waals surface area contributed by atoms with Crippen molar-refractivity contribution in [3.63, 3.8) is 0 Å². The molecule has 0 spiro atoms. The average Bonchev–Trinajstić information content (AvgIpc) is 3.11. The number of carbonyl (C=O) groups excluding carboxylic acids is 1. The minimum atomic E-state index is -0.504. The number of aryl methyl sites for hydroxylation is 2. The number of halogens is 1. The van der Waals surface area contributed by atoms with Gasteiger partial charge in [0.25, 0.3) is 0 Å². The first-order chi connectivity index (χ1) is 10.6. The van der Waals surface area contributed by atoms with Gasteiger partial charge in [0.15, 0.2) is 11.3 Å². The Bertz CT molecular complexity index is 868. The number of hydrogen-bond acceptors (Lipinski definition) is 5. The van der Waals surface area contributed by atoms with Crippen LogP contribution >= 0.6 is 11.6 Å². The van der Waals surface area contributed by atoms with E-state index in [9.17, 15) is 4.79 Å². The highest BCUT2D eigenvalue weighted by molar-refractivity contribution is 6.34. The molecule has 0 aliphatic carbocycles. The van der Waals surface area contributed by atoms with E-state index in [1.807, 2.05) is 13.0 Å². The van der Waals surface area contributed by atoms with Crippen LogP contribution < -0.4 is 0 Å². The molecular formula is C14H14ClN5O2. The molecule has 3 heterocycles. The van der Waals surface area contributed by atoms with Crippen LogP contribution in [0.2, 0.25) is 5.02 Å². The lowest BCUT2D eigenvalue weighted by molar-refractivity contribution is 0.0590. The van der Waals surface area contributed by atoms with Crippen LogP contribution in [0.25, 0.3) is 17.0 Å². The van der Waals surface area contributed by atoms with Crippen LogP contribution in [0, 0.1) is 6.92 Å². The first kappa shape index (κ1) is 14.5. The Morgan fingerprint density at radius 1 is 1.45 bits per heavy atom. The van der Waals surface area contributed by atoms with Crippen LogP contribution in [0.5, 0.6) is 0 Å². The summed E-state index contributed by atoms with van der Waals surface area (Å²) in [5.41, 5.74) is 2.67. The lowest BCUT2D eigenvalue weighted by Gasteiger charge is -2.08. The van der Waals surface area contributed by atoms with E-state index in [1.165, 1.54) is 11.6 Å². The number of esters is 1. The smallest absolute Gasteiger partial charge is 0.356 e. The number of fused-ring (bicyclic) bond motifs is 1. The minimum Gasteiger partial charge on any atom is -0.464 e. The maximum absolute atomic E-state index is 12.0. The molecule has 0 aromatic carbocycles. The summed E-state index contributed by atoms with van der Waals surface area (Å²) in [6.07, 6.45) is 1.69. The minimum absolute atomic E-state index is 0.265. The van der Waals surface area contributed by atoms with Crippen LogP contribution in [0.4, 0.5) is 0 Å². The van der Waals surface area contributed by atoms with E-state index < -0.39 is 5.97 Å². The van der Waals surface area contributed by atoms with Crippen molar-refractivity contribution >= 4 is 23.2 Å². The quantitative estimate of drug-likeness (QED) is 0.693. The second-order valence-electron chi connectivity index (χ2n) is 4.69. The topological polar surface area (TPSA) is 74.3 Å². The van der Waals surface area contributed by atoms with Crippen molar-refractivity contribution in [1.29, 1.82) is 0 Å². The molecular weight excluding hydrogens is 306 g/mol. The SMILES string of the molecule is CCn1nccc1-c1cc(C(=O)OC)n2nc(C)c(Cl)c2n1. The number of ether oxygens (including phenoxy) is 1. The summed E-state index contributed by atoms with van der Waals surface area (Å²) >= 11 is 6.25. The van der Waals surface area contributed by atoms with Crippen molar-refractivity contribution in [3.8, 4) is 11.4 Å². The first-order valence-corrected chi connectivity index (χ1v) is 7.11. The highest BCUT2D eigenvalue weighted by Gasteiger charge is 2.20. The largest absolute Gasteiger partial charge is 0.464 e. The van der Waals surface area contributed by atoms with E-state index in [1.54, 1.807) is 23.9 Å². The fourth-order valence-electron chi connectivity index (χ4n) is 2.28. The molecule has 0 N–H and O–H groups in total. The summed E-state index contributed by atoms with van der Waals surface area (Å²) in [6, 6.07) is 3.46. The van der Waals surface area contributed by atoms with Gasteiger partial charge in [0, 0.05) is 12.7 Å². The van der Waals surface area contributed by atoms with Crippen LogP contribution in [0.15, 0.2) is 18.3 Å². The normalized spacial score (nSPS) is 11.1. The fourth-order valence-corrected chi connectivity index (χ4v) is 2.44. The molecule has 0 aliphatic heterocycles. The molecule has 0 fully saturated rings. The second kappa shape index (κ2) is 5.42. The van der Waals surface area contributed by atoms with E-state index >= 15 is 0 Å². The van der Waals surface area contributed by atoms with Gasteiger partial charge in [-0.1, -0.05) is 11.6 Å². The Balaban J connectivity index is 2.33. The van der Waals surface area contributed by atoms with Gasteiger partial charge in [-0.25, -0.2) is 14.3 Å². The molecule has 0 atom stereocenters. The van der Waals surface area contributed by atoms with Gasteiger partial charge in [0.05, 0.1) is 24.2 Å². The van der Waals surface area contributed by atoms with Crippen LogP contribution in [0.3, 0.4) is 0 Å². The third kappa shape index (κ3) is 2.14. The van der Waals surface area contributed by atoms with E-state index in [2.05, 4.69) is 15.2 Å². The fraction of sp³-hybridized carbons (Fsp3) is 0.286. The molecule has 3 aromatic rings. The Labute approximate surface area is 131 Å². The number of nitrogens with zero attached hydrogens (tertiary/aromatic N) is 5. The third-order valence-corrected chi connectivity index (χ3v) is 3.81. The van der Waals surface area contributed by atoms with Crippen LogP contribution in [-0.4, -0.2) is 37.5 Å². The average molecular weight is 320 g/mol. The molecule has 0 unspecified atom stereocenters. The van der Waals surface area contributed by atoms with Crippen LogP contribution in [-0.2, 0) is 11.3 Å². The third-order valence-electron chi connectivity index (χ3n) is 3.37. The zero-order valence-electron chi connectivity index (χ0n) is 12.4. The molecule has 3 aromatic heterocycles. The molecule has 0 radical (unpaired) electrons. The summed E-state index contributed by atoms with van der Waals surface area (Å²) in [5.74, 6) is -0.504. The molecule has 7 nitrogen and oxygen atoms in total. The maximum Gasteiger partial charge on any atom is 0.356 e. The standard InChI is InChI=1S/C14H14ClN5O2/c1-4-19-10(5-6-16-19)9-7-11(14(21)22-3)20-13(17-9)12(15)8(2)18-20/h5-7H,4H2,1-3H3. The Morgan fingerprint density at radius 2 is 2.23 bits per heavy atom. The summed E-state index contributed by atoms with van der Waals surface area (Å²) in [6.45, 7) is 4.43. The lowest BCUT2D eigenvalue weighted by atomic mass is 10.2. The summed E-state index contributed by atoms with van der Waals surface area (Å²) in [4.78, 5) is 16.6. The zero-order valence-corrected chi connectivity index (χ0v) is 13.1. The highest BCUT2D eigenvalue weighted by atomic mass is 35.5. The van der Waals surface area contributed by atoms with Gasteiger partial charge in [-0.05, 0) is 26.0 Å². The van der Waals surface area contributed by atoms with Crippen molar-refractivity contribution in [2.45, 2.75) is 20.4 Å². The molecule has 0 bridgehead atoms. The molecule has 8 heteroatoms. The molecule has 0 saturated carbocycles. The van der Waals surface area contributed by atoms with E-state index in [0.29, 0.717) is 28.6 Å². The van der Waals surface area contributed by atoms with Gasteiger partial charge in [-0.3, -0.25) is 4.68 Å². The van der Waals surface area contributed by atoms with Crippen LogP contribution in [0.1, 0.15) is 23.1 Å². The maximum atomic E-state index is 12.0. The molecule has 114 valence electrons. The predicted octanol–water partition coefficient (Wildman–Crippen LogP) is 2.36. The van der Waals surface area contributed by atoms with Crippen molar-refractivity contribution in [2.75, 3.05) is 7.11 Å². The second-order valence-corrected chi connectivity index (χ2v) is 5.06. The van der Waals surface area contributed by atoms with E-state index in [4.69, 9.17) is 16.3 Å². The molecule has 0 saturated heterocycles. The van der Waals surface area contributed by atoms with E-state index in [-0.39, 0.29) is 5.69 Å². The van der Waals surface area contributed by atoms with Gasteiger partial charge in [0.2, 0.25) is 0 Å². The van der Waals surface area contributed by atoms with Crippen molar-refractivity contribution < 1.29 is 9.53 Å². The molecule has 0 amide bonds. The number of carbonyl (C=O) groups is 1. The Kier molecular flexibility index (Phi) is 3.58. The van der Waals surface area contributed by atoms with Crippen molar-refractivity contribution in [1.82, 2.24) is 24.4 Å². The Hall–Kier alpha value is -2.41. The van der Waals surface area contributed by atoms with Gasteiger partial charge in [-0.2, -0.15) is 10.2 Å². The van der Waals surface area contributed by atoms with Crippen molar-refractivity contribution in [3.05, 3.63) is 34.7 Å². The number of aromatic nitrogens is 5. The van der Waals surface area contributed by atoms with Crippen molar-refractivity contribution in [2.24, 2.45) is 0 Å². The van der Waals surface area contributed by atoms with Gasteiger partial charge in [0.1, 0.15) is 5.02 Å². The van der Waals surface area contributed by atoms with E-state index in [0.717, 1.165) is 5.69 Å². The number of methoxy groups -OCH3 is 1. The first-order valence-electron chi connectivity index (χ1n) is 6.73. The predicted molar refractivity (Wildman–Crippen MR) is 81.0 cm³/mol. The van der Waals surface area contributed by atoms with Gasteiger partial charge in [-0.15, -0.1) is 0 Å².